The normalized spacial score (nSPS) is 23.7. The van der Waals surface area contributed by atoms with E-state index in [2.05, 4.69) is 31.6 Å². The minimum absolute atomic E-state index is 0.0953. The predicted octanol–water partition coefficient (Wildman–Crippen LogP) is 2.96. The number of nitrogens with one attached hydrogen (secondary N) is 2. The Morgan fingerprint density at radius 3 is 2.64 bits per heavy atom. The highest BCUT2D eigenvalue weighted by molar-refractivity contribution is 6.23. The molecule has 1 atom stereocenters. The van der Waals surface area contributed by atoms with Gasteiger partial charge in [-0.25, -0.2) is 9.67 Å². The van der Waals surface area contributed by atoms with E-state index in [4.69, 9.17) is 5.10 Å². The standard InChI is InChI=1S/C30H28N8O4/c39-25-8-7-23(28(40)34-25)37-29(41)21-6-5-19(12-22(21)30(37)42)32-13-16-10-20(11-16)36-15-24(26(35-36)17-3-4-17)38-27-18(14-33-38)2-1-9-31-27/h1-2,5-6,9,12,14-17,20,23,32H,3-4,7-8,10-11,13H2,(H,34,39,40)/t16-,20-,23?. The molecule has 0 spiro atoms. The summed E-state index contributed by atoms with van der Waals surface area (Å²) in [4.78, 5) is 55.4. The summed E-state index contributed by atoms with van der Waals surface area (Å²) in [6.45, 7) is 0.728. The third kappa shape index (κ3) is 4.00. The first-order chi connectivity index (χ1) is 20.4. The van der Waals surface area contributed by atoms with Crippen molar-refractivity contribution in [3.63, 3.8) is 0 Å². The number of amides is 4. The van der Waals surface area contributed by atoms with Crippen LogP contribution in [0, 0.1) is 5.92 Å². The van der Waals surface area contributed by atoms with Gasteiger partial charge in [0, 0.05) is 36.2 Å². The fourth-order valence-corrected chi connectivity index (χ4v) is 6.36. The summed E-state index contributed by atoms with van der Waals surface area (Å²) in [5.41, 5.74) is 4.24. The quantitative estimate of drug-likeness (QED) is 0.326. The van der Waals surface area contributed by atoms with Crippen molar-refractivity contribution in [1.82, 2.24) is 34.8 Å². The highest BCUT2D eigenvalue weighted by Gasteiger charge is 2.44. The van der Waals surface area contributed by atoms with Gasteiger partial charge in [0.15, 0.2) is 5.65 Å². The average molecular weight is 565 g/mol. The van der Waals surface area contributed by atoms with E-state index in [9.17, 15) is 19.2 Å². The zero-order valence-electron chi connectivity index (χ0n) is 22.7. The monoisotopic (exact) mass is 564 g/mol. The largest absolute Gasteiger partial charge is 0.385 e. The summed E-state index contributed by atoms with van der Waals surface area (Å²) in [5.74, 6) is -1.09. The molecule has 12 nitrogen and oxygen atoms in total. The smallest absolute Gasteiger partial charge is 0.262 e. The van der Waals surface area contributed by atoms with Crippen LogP contribution < -0.4 is 10.6 Å². The summed E-state index contributed by atoms with van der Waals surface area (Å²) in [7, 11) is 0. The molecule has 0 radical (unpaired) electrons. The first kappa shape index (κ1) is 24.9. The van der Waals surface area contributed by atoms with E-state index in [0.717, 1.165) is 65.2 Å². The molecule has 8 rings (SSSR count). The predicted molar refractivity (Wildman–Crippen MR) is 150 cm³/mol. The maximum atomic E-state index is 13.1. The molecule has 1 saturated heterocycles. The molecule has 2 saturated carbocycles. The maximum absolute atomic E-state index is 13.1. The molecule has 0 bridgehead atoms. The lowest BCUT2D eigenvalue weighted by atomic mass is 9.80. The molecule has 1 aromatic carbocycles. The van der Waals surface area contributed by atoms with Gasteiger partial charge in [-0.15, -0.1) is 0 Å². The summed E-state index contributed by atoms with van der Waals surface area (Å²) in [6, 6.07) is 8.37. The van der Waals surface area contributed by atoms with Crippen molar-refractivity contribution in [2.45, 2.75) is 56.5 Å². The number of benzene rings is 1. The van der Waals surface area contributed by atoms with Gasteiger partial charge in [-0.1, -0.05) is 0 Å². The van der Waals surface area contributed by atoms with E-state index < -0.39 is 29.7 Å². The Bertz CT molecular complexity index is 1800. The van der Waals surface area contributed by atoms with Crippen molar-refractivity contribution in [2.24, 2.45) is 5.92 Å². The lowest BCUT2D eigenvalue weighted by Crippen LogP contribution is -2.54. The maximum Gasteiger partial charge on any atom is 0.262 e. The van der Waals surface area contributed by atoms with Crippen molar-refractivity contribution < 1.29 is 19.2 Å². The van der Waals surface area contributed by atoms with Crippen LogP contribution in [-0.2, 0) is 9.59 Å². The van der Waals surface area contributed by atoms with Gasteiger partial charge in [0.25, 0.3) is 11.8 Å². The Hall–Kier alpha value is -4.87. The van der Waals surface area contributed by atoms with Gasteiger partial charge in [0.2, 0.25) is 11.8 Å². The summed E-state index contributed by atoms with van der Waals surface area (Å²) in [5, 5.41) is 16.3. The van der Waals surface area contributed by atoms with E-state index in [0.29, 0.717) is 17.9 Å². The molecule has 3 fully saturated rings. The lowest BCUT2D eigenvalue weighted by Gasteiger charge is -2.35. The van der Waals surface area contributed by atoms with Crippen LogP contribution >= 0.6 is 0 Å². The number of carbonyl (C=O) groups excluding carboxylic acids is 4. The van der Waals surface area contributed by atoms with Gasteiger partial charge >= 0.3 is 0 Å². The van der Waals surface area contributed by atoms with Gasteiger partial charge in [-0.05, 0) is 68.4 Å². The van der Waals surface area contributed by atoms with Crippen molar-refractivity contribution in [3.05, 3.63) is 65.7 Å². The second kappa shape index (κ2) is 9.33. The molecule has 1 unspecified atom stereocenters. The number of aromatic nitrogens is 5. The number of carbonyl (C=O) groups is 4. The number of hydrogen-bond donors (Lipinski definition) is 2. The summed E-state index contributed by atoms with van der Waals surface area (Å²) in [6.07, 6.45) is 10.2. The lowest BCUT2D eigenvalue weighted by molar-refractivity contribution is -0.136. The van der Waals surface area contributed by atoms with Crippen molar-refractivity contribution in [2.75, 3.05) is 11.9 Å². The molecule has 4 aromatic rings. The minimum Gasteiger partial charge on any atom is -0.385 e. The average Bonchev–Trinajstić information content (AvgIpc) is 3.50. The van der Waals surface area contributed by atoms with Crippen LogP contribution in [0.4, 0.5) is 5.69 Å². The van der Waals surface area contributed by atoms with Crippen LogP contribution in [0.25, 0.3) is 16.7 Å². The number of piperidine rings is 1. The van der Waals surface area contributed by atoms with Gasteiger partial charge in [0.1, 0.15) is 11.7 Å². The zero-order chi connectivity index (χ0) is 28.5. The first-order valence-corrected chi connectivity index (χ1v) is 14.4. The van der Waals surface area contributed by atoms with Gasteiger partial charge < -0.3 is 5.32 Å². The van der Waals surface area contributed by atoms with Gasteiger partial charge in [-0.2, -0.15) is 10.2 Å². The second-order valence-corrected chi connectivity index (χ2v) is 11.7. The summed E-state index contributed by atoms with van der Waals surface area (Å²) >= 11 is 0. The Kier molecular flexibility index (Phi) is 5.53. The van der Waals surface area contributed by atoms with Gasteiger partial charge in [-0.3, -0.25) is 34.1 Å². The Balaban J connectivity index is 0.928. The summed E-state index contributed by atoms with van der Waals surface area (Å²) < 4.78 is 4.00. The Morgan fingerprint density at radius 1 is 1.00 bits per heavy atom. The first-order valence-electron chi connectivity index (χ1n) is 14.4. The third-order valence-corrected chi connectivity index (χ3v) is 8.88. The molecule has 2 aliphatic heterocycles. The molecule has 5 heterocycles. The second-order valence-electron chi connectivity index (χ2n) is 11.7. The van der Waals surface area contributed by atoms with E-state index >= 15 is 0 Å². The molecule has 42 heavy (non-hydrogen) atoms. The number of fused-ring (bicyclic) bond motifs is 2. The molecule has 4 aliphatic rings. The van der Waals surface area contributed by atoms with Crippen molar-refractivity contribution >= 4 is 40.3 Å². The number of imide groups is 2. The van der Waals surface area contributed by atoms with Crippen molar-refractivity contribution in [1.29, 1.82) is 0 Å². The third-order valence-electron chi connectivity index (χ3n) is 8.88. The fraction of sp³-hybridized carbons (Fsp3) is 0.367. The van der Waals surface area contributed by atoms with Crippen LogP contribution in [0.2, 0.25) is 0 Å². The topological polar surface area (TPSA) is 144 Å². The molecule has 2 N–H and O–H groups in total. The molecular formula is C30H28N8O4. The SMILES string of the molecule is O=C1CCC(N2C(=O)c3ccc(NC[C@H]4C[C@H](n5cc(-n6ncc7cccnc76)c(C6CC6)n5)C4)cc3C2=O)C(=O)N1. The number of anilines is 1. The molecule has 212 valence electrons. The van der Waals surface area contributed by atoms with Crippen LogP contribution in [0.5, 0.6) is 0 Å². The highest BCUT2D eigenvalue weighted by Crippen LogP contribution is 2.44. The van der Waals surface area contributed by atoms with E-state index in [1.807, 2.05) is 23.0 Å². The molecule has 2 aliphatic carbocycles. The van der Waals surface area contributed by atoms with Crippen LogP contribution in [-0.4, -0.2) is 65.7 Å². The van der Waals surface area contributed by atoms with Crippen LogP contribution in [0.1, 0.15) is 76.9 Å². The minimum atomic E-state index is -0.968. The van der Waals surface area contributed by atoms with Crippen molar-refractivity contribution in [3.8, 4) is 5.69 Å². The fourth-order valence-electron chi connectivity index (χ4n) is 6.36. The highest BCUT2D eigenvalue weighted by atomic mass is 16.2. The number of hydrogen-bond acceptors (Lipinski definition) is 8. The number of rotatable bonds is 7. The van der Waals surface area contributed by atoms with Gasteiger partial charge in [0.05, 0.1) is 35.3 Å². The molecule has 4 amide bonds. The van der Waals surface area contributed by atoms with E-state index in [1.54, 1.807) is 24.4 Å². The zero-order valence-corrected chi connectivity index (χ0v) is 22.7. The molecular weight excluding hydrogens is 536 g/mol. The number of pyridine rings is 1. The Labute approximate surface area is 240 Å². The molecule has 3 aromatic heterocycles. The van der Waals surface area contributed by atoms with Crippen LogP contribution in [0.15, 0.2) is 48.9 Å². The van der Waals surface area contributed by atoms with E-state index in [-0.39, 0.29) is 24.0 Å². The Morgan fingerprint density at radius 2 is 1.83 bits per heavy atom. The molecule has 12 heteroatoms. The van der Waals surface area contributed by atoms with E-state index in [1.165, 1.54) is 0 Å². The van der Waals surface area contributed by atoms with Crippen LogP contribution in [0.3, 0.4) is 0 Å². The number of nitrogens with zero attached hydrogens (tertiary/aromatic N) is 6.